The molecule has 0 spiro atoms. The summed E-state index contributed by atoms with van der Waals surface area (Å²) in [5.41, 5.74) is 0. The summed E-state index contributed by atoms with van der Waals surface area (Å²) in [4.78, 5) is 9.00. The molecule has 0 unspecified atom stereocenters. The van der Waals surface area contributed by atoms with Gasteiger partial charge in [0.15, 0.2) is 0 Å². The Labute approximate surface area is 63.3 Å². The summed E-state index contributed by atoms with van der Waals surface area (Å²) >= 11 is 0. The molecule has 2 nitrogen and oxygen atoms in total. The fourth-order valence-corrected chi connectivity index (χ4v) is 0. The van der Waals surface area contributed by atoms with E-state index in [1.165, 1.54) is 6.08 Å². The van der Waals surface area contributed by atoms with Crippen molar-refractivity contribution < 1.29 is 30.3 Å². The van der Waals surface area contributed by atoms with Crippen molar-refractivity contribution in [2.75, 3.05) is 0 Å². The van der Waals surface area contributed by atoms with Crippen LogP contribution in [0.2, 0.25) is 0 Å². The SMILES string of the molecule is C=C[CH2-].CC(=O)O.[Pd]. The topological polar surface area (TPSA) is 37.3 Å². The molecule has 0 atom stereocenters. The van der Waals surface area contributed by atoms with Crippen molar-refractivity contribution in [1.82, 2.24) is 0 Å². The predicted molar refractivity (Wildman–Crippen MR) is 28.9 cm³/mol. The van der Waals surface area contributed by atoms with Gasteiger partial charge in [-0.25, -0.2) is 19.6 Å². The van der Waals surface area contributed by atoms with E-state index in [1.54, 1.807) is 0 Å². The molecule has 0 aromatic rings. The van der Waals surface area contributed by atoms with Crippen molar-refractivity contribution in [3.63, 3.8) is 0 Å². The van der Waals surface area contributed by atoms with Gasteiger partial charge in [0.25, 0.3) is 5.97 Å². The molecule has 0 fully saturated rings. The molecule has 8 heavy (non-hydrogen) atoms. The van der Waals surface area contributed by atoms with E-state index in [2.05, 4.69) is 13.5 Å². The molecule has 0 saturated heterocycles. The van der Waals surface area contributed by atoms with Gasteiger partial charge in [-0.1, -0.05) is 0 Å². The third-order valence-electron chi connectivity index (χ3n) is 0. The van der Waals surface area contributed by atoms with Crippen molar-refractivity contribution in [3.05, 3.63) is 19.6 Å². The molecule has 0 rings (SSSR count). The first kappa shape index (κ1) is 15.6. The standard InChI is InChI=1S/C3H5.C2H4O2.Pd/c1-3-2;1-2(3)4;/h3H,1-2H2;1H3,(H,3,4);/q-1;;. The number of allylic oxidation sites excluding steroid dienone is 1. The molecular formula is C5H9O2Pd-. The van der Waals surface area contributed by atoms with Crippen molar-refractivity contribution >= 4 is 5.97 Å². The zero-order chi connectivity index (χ0) is 6.28. The molecule has 0 saturated carbocycles. The Morgan fingerprint density at radius 1 is 1.88 bits per heavy atom. The van der Waals surface area contributed by atoms with Gasteiger partial charge in [0.2, 0.25) is 0 Å². The molecule has 0 aliphatic rings. The number of carboxylic acid groups (broad SMARTS) is 1. The predicted octanol–water partition coefficient (Wildman–Crippen LogP) is 1.09. The molecule has 0 radical (unpaired) electrons. The Balaban J connectivity index is -0.0000000575. The van der Waals surface area contributed by atoms with Gasteiger partial charge in [-0.05, 0) is 0 Å². The number of rotatable bonds is 0. The molecule has 0 aliphatic heterocycles. The second-order valence-electron chi connectivity index (χ2n) is 0.808. The summed E-state index contributed by atoms with van der Waals surface area (Å²) in [6, 6.07) is 0. The Morgan fingerprint density at radius 3 is 1.88 bits per heavy atom. The second-order valence-corrected chi connectivity index (χ2v) is 0.808. The third-order valence-corrected chi connectivity index (χ3v) is 0. The van der Waals surface area contributed by atoms with Gasteiger partial charge in [0.1, 0.15) is 0 Å². The van der Waals surface area contributed by atoms with E-state index in [4.69, 9.17) is 9.90 Å². The van der Waals surface area contributed by atoms with Crippen LogP contribution in [0.3, 0.4) is 0 Å². The zero-order valence-electron chi connectivity index (χ0n) is 4.66. The average Bonchev–Trinajstić information content (AvgIpc) is 1.33. The Morgan fingerprint density at radius 2 is 1.88 bits per heavy atom. The first-order valence-electron chi connectivity index (χ1n) is 1.74. The van der Waals surface area contributed by atoms with Gasteiger partial charge >= 0.3 is 0 Å². The monoisotopic (exact) mass is 207 g/mol. The van der Waals surface area contributed by atoms with Crippen LogP contribution in [0.25, 0.3) is 0 Å². The summed E-state index contributed by atoms with van der Waals surface area (Å²) in [6.45, 7) is 7.58. The first-order valence-corrected chi connectivity index (χ1v) is 1.74. The number of hydrogen-bond acceptors (Lipinski definition) is 1. The van der Waals surface area contributed by atoms with Crippen molar-refractivity contribution in [3.8, 4) is 0 Å². The van der Waals surface area contributed by atoms with E-state index < -0.39 is 5.97 Å². The molecule has 3 heteroatoms. The Kier molecular flexibility index (Phi) is 31.1. The van der Waals surface area contributed by atoms with Crippen LogP contribution in [0.5, 0.6) is 0 Å². The first-order chi connectivity index (χ1) is 3.15. The van der Waals surface area contributed by atoms with Crippen molar-refractivity contribution in [2.24, 2.45) is 0 Å². The van der Waals surface area contributed by atoms with Crippen LogP contribution in [-0.2, 0) is 25.2 Å². The van der Waals surface area contributed by atoms with E-state index in [9.17, 15) is 0 Å². The van der Waals surface area contributed by atoms with Crippen molar-refractivity contribution in [2.45, 2.75) is 6.92 Å². The van der Waals surface area contributed by atoms with Crippen LogP contribution in [-0.4, -0.2) is 11.1 Å². The summed E-state index contributed by atoms with van der Waals surface area (Å²) in [5, 5.41) is 7.42. The smallest absolute Gasteiger partial charge is 0.300 e. The van der Waals surface area contributed by atoms with Crippen LogP contribution in [0.1, 0.15) is 6.92 Å². The van der Waals surface area contributed by atoms with E-state index in [0.29, 0.717) is 0 Å². The Bertz CT molecular complexity index is 57.4. The van der Waals surface area contributed by atoms with Crippen LogP contribution < -0.4 is 0 Å². The second kappa shape index (κ2) is 15.9. The minimum Gasteiger partial charge on any atom is -0.481 e. The average molecular weight is 208 g/mol. The van der Waals surface area contributed by atoms with Crippen LogP contribution in [0.15, 0.2) is 12.7 Å². The maximum absolute atomic E-state index is 9.00. The van der Waals surface area contributed by atoms with E-state index in [-0.39, 0.29) is 20.4 Å². The summed E-state index contributed by atoms with van der Waals surface area (Å²) in [5.74, 6) is -0.833. The maximum atomic E-state index is 9.00. The largest absolute Gasteiger partial charge is 0.481 e. The third kappa shape index (κ3) is 1950. The molecule has 0 aliphatic carbocycles. The molecule has 0 heterocycles. The van der Waals surface area contributed by atoms with Crippen LogP contribution in [0.4, 0.5) is 0 Å². The van der Waals surface area contributed by atoms with Crippen molar-refractivity contribution in [1.29, 1.82) is 0 Å². The molecule has 0 bridgehead atoms. The van der Waals surface area contributed by atoms with E-state index in [1.807, 2.05) is 0 Å². The van der Waals surface area contributed by atoms with E-state index in [0.717, 1.165) is 6.92 Å². The normalized spacial score (nSPS) is 4.62. The van der Waals surface area contributed by atoms with Gasteiger partial charge in [0.05, 0.1) is 0 Å². The number of aliphatic carboxylic acids is 1. The molecule has 1 N–H and O–H groups in total. The fourth-order valence-electron chi connectivity index (χ4n) is 0. The molecule has 0 aromatic heterocycles. The van der Waals surface area contributed by atoms with E-state index >= 15 is 0 Å². The zero-order valence-corrected chi connectivity index (χ0v) is 6.22. The van der Waals surface area contributed by atoms with Gasteiger partial charge < -0.3 is 5.11 Å². The number of hydrogen-bond donors (Lipinski definition) is 1. The quantitative estimate of drug-likeness (QED) is 0.477. The molecule has 52 valence electrons. The minimum absolute atomic E-state index is 0. The van der Waals surface area contributed by atoms with Gasteiger partial charge in [-0.15, -0.1) is 0 Å². The summed E-state index contributed by atoms with van der Waals surface area (Å²) < 4.78 is 0. The summed E-state index contributed by atoms with van der Waals surface area (Å²) in [6.07, 6.45) is 1.50. The number of carboxylic acids is 1. The van der Waals surface area contributed by atoms with Gasteiger partial charge in [-0.3, -0.25) is 4.79 Å². The van der Waals surface area contributed by atoms with Gasteiger partial charge in [0, 0.05) is 27.3 Å². The number of carbonyl (C=O) groups is 1. The van der Waals surface area contributed by atoms with Gasteiger partial charge in [-0.2, -0.15) is 0 Å². The van der Waals surface area contributed by atoms with Crippen LogP contribution in [0, 0.1) is 6.92 Å². The molecule has 0 amide bonds. The maximum Gasteiger partial charge on any atom is 0.300 e. The fraction of sp³-hybridized carbons (Fsp3) is 0.200. The molecular weight excluding hydrogens is 198 g/mol. The molecule has 0 aromatic carbocycles. The Hall–Kier alpha value is -0.258. The van der Waals surface area contributed by atoms with Crippen LogP contribution >= 0.6 is 0 Å². The summed E-state index contributed by atoms with van der Waals surface area (Å²) in [7, 11) is 0. The minimum atomic E-state index is -0.833.